The van der Waals surface area contributed by atoms with Gasteiger partial charge in [0, 0.05) is 41.0 Å². The van der Waals surface area contributed by atoms with Crippen molar-refractivity contribution in [3.05, 3.63) is 94.0 Å². The minimum Gasteiger partial charge on any atom is -0.324 e. The third-order valence-electron chi connectivity index (χ3n) is 7.51. The van der Waals surface area contributed by atoms with Gasteiger partial charge >= 0.3 is 6.18 Å². The zero-order valence-electron chi connectivity index (χ0n) is 24.0. The second-order valence-corrected chi connectivity index (χ2v) is 13.0. The fraction of sp³-hybridized carbons (Fsp3) is 0.355. The lowest BCUT2D eigenvalue weighted by Gasteiger charge is -2.25. The van der Waals surface area contributed by atoms with E-state index in [4.69, 9.17) is 23.8 Å². The summed E-state index contributed by atoms with van der Waals surface area (Å²) in [6.07, 6.45) is 2.88. The molecule has 5 N–H and O–H groups in total. The average molecular weight is 666 g/mol. The van der Waals surface area contributed by atoms with Crippen LogP contribution in [0.2, 0.25) is 5.02 Å². The maximum absolute atomic E-state index is 15.1. The van der Waals surface area contributed by atoms with Gasteiger partial charge in [-0.15, -0.1) is 6.42 Å². The Hall–Kier alpha value is -3.54. The van der Waals surface area contributed by atoms with E-state index >= 15 is 4.39 Å². The van der Waals surface area contributed by atoms with Gasteiger partial charge in [-0.05, 0) is 73.2 Å². The van der Waals surface area contributed by atoms with Gasteiger partial charge in [0.1, 0.15) is 11.5 Å². The molecule has 0 radical (unpaired) electrons. The van der Waals surface area contributed by atoms with E-state index in [0.717, 1.165) is 12.3 Å². The molecule has 8 nitrogen and oxygen atoms in total. The highest BCUT2D eigenvalue weighted by atomic mass is 35.5. The summed E-state index contributed by atoms with van der Waals surface area (Å²) < 4.78 is 83.3. The van der Waals surface area contributed by atoms with Gasteiger partial charge in [0.15, 0.2) is 0 Å². The number of alkyl halides is 3. The maximum Gasteiger partial charge on any atom is 0.433 e. The first-order chi connectivity index (χ1) is 21.3. The Morgan fingerprint density at radius 2 is 1.91 bits per heavy atom. The SMILES string of the molecule is C#CC1CCCS(=O)(=O)NC(CCc2c(F)cccc2NC(=O)[C@@H](N)[C@@H](c2ccc(Cl)cc2)c2ccnc(C(F)(F)F)c2)CN1. The third-order valence-corrected chi connectivity index (χ3v) is 9.28. The third kappa shape index (κ3) is 9.24. The summed E-state index contributed by atoms with van der Waals surface area (Å²) in [5.74, 6) is 0.0286. The molecular formula is C31H32ClF4N5O3S. The number of rotatable bonds is 8. The quantitative estimate of drug-likeness (QED) is 0.206. The Kier molecular flexibility index (Phi) is 11.2. The minimum absolute atomic E-state index is 0.0347. The number of benzene rings is 2. The van der Waals surface area contributed by atoms with Crippen LogP contribution in [0.3, 0.4) is 0 Å². The number of carbonyl (C=O) groups excluding carboxylic acids is 1. The first-order valence-corrected chi connectivity index (χ1v) is 16.1. The molecule has 45 heavy (non-hydrogen) atoms. The van der Waals surface area contributed by atoms with Gasteiger partial charge in [0.2, 0.25) is 15.9 Å². The van der Waals surface area contributed by atoms with Crippen LogP contribution in [0.5, 0.6) is 0 Å². The zero-order chi connectivity index (χ0) is 32.8. The minimum atomic E-state index is -4.73. The van der Waals surface area contributed by atoms with Crippen LogP contribution in [0.15, 0.2) is 60.8 Å². The van der Waals surface area contributed by atoms with Crippen LogP contribution in [-0.2, 0) is 27.4 Å². The van der Waals surface area contributed by atoms with Gasteiger partial charge in [0.05, 0.1) is 17.8 Å². The molecule has 1 fully saturated rings. The number of terminal acetylenes is 1. The van der Waals surface area contributed by atoms with Crippen molar-refractivity contribution in [3.63, 3.8) is 0 Å². The number of sulfonamides is 1. The van der Waals surface area contributed by atoms with Crippen LogP contribution >= 0.6 is 11.6 Å². The number of pyridine rings is 1. The lowest BCUT2D eigenvalue weighted by atomic mass is 9.85. The van der Waals surface area contributed by atoms with Crippen LogP contribution < -0.4 is 21.1 Å². The van der Waals surface area contributed by atoms with Gasteiger partial charge < -0.3 is 16.4 Å². The molecule has 0 spiro atoms. The van der Waals surface area contributed by atoms with Crippen LogP contribution in [-0.4, -0.2) is 49.7 Å². The normalized spacial score (nSPS) is 20.1. The predicted octanol–water partition coefficient (Wildman–Crippen LogP) is 4.60. The van der Waals surface area contributed by atoms with E-state index < -0.39 is 51.6 Å². The van der Waals surface area contributed by atoms with Crippen molar-refractivity contribution in [2.45, 2.75) is 55.9 Å². The fourth-order valence-electron chi connectivity index (χ4n) is 5.21. The molecule has 3 aromatic rings. The van der Waals surface area contributed by atoms with Crippen molar-refractivity contribution in [2.75, 3.05) is 17.6 Å². The molecule has 0 bridgehead atoms. The van der Waals surface area contributed by atoms with Crippen molar-refractivity contribution in [1.29, 1.82) is 0 Å². The van der Waals surface area contributed by atoms with Crippen LogP contribution in [0.1, 0.15) is 47.6 Å². The second-order valence-electron chi connectivity index (χ2n) is 10.7. The summed E-state index contributed by atoms with van der Waals surface area (Å²) >= 11 is 6.01. The Morgan fingerprint density at radius 1 is 1.18 bits per heavy atom. The molecule has 1 aromatic heterocycles. The Bertz CT molecular complexity index is 1650. The maximum atomic E-state index is 15.1. The van der Waals surface area contributed by atoms with E-state index in [1.54, 1.807) is 12.1 Å². The molecular weight excluding hydrogens is 634 g/mol. The van der Waals surface area contributed by atoms with Crippen molar-refractivity contribution in [1.82, 2.24) is 15.0 Å². The van der Waals surface area contributed by atoms with Crippen molar-refractivity contribution >= 4 is 33.2 Å². The largest absolute Gasteiger partial charge is 0.433 e. The van der Waals surface area contributed by atoms with Gasteiger partial charge in [-0.2, -0.15) is 13.2 Å². The van der Waals surface area contributed by atoms with E-state index in [2.05, 4.69) is 26.3 Å². The molecule has 2 heterocycles. The lowest BCUT2D eigenvalue weighted by molar-refractivity contribution is -0.141. The zero-order valence-corrected chi connectivity index (χ0v) is 25.5. The monoisotopic (exact) mass is 665 g/mol. The first-order valence-electron chi connectivity index (χ1n) is 14.1. The van der Waals surface area contributed by atoms with Crippen molar-refractivity contribution < 1.29 is 30.8 Å². The average Bonchev–Trinajstić information content (AvgIpc) is 3.05. The lowest BCUT2D eigenvalue weighted by Crippen LogP contribution is -2.44. The molecule has 1 aliphatic rings. The number of nitrogens with zero attached hydrogens (tertiary/aromatic N) is 1. The summed E-state index contributed by atoms with van der Waals surface area (Å²) in [5.41, 5.74) is 5.97. The van der Waals surface area contributed by atoms with Crippen molar-refractivity contribution in [3.8, 4) is 12.3 Å². The number of aromatic nitrogens is 1. The van der Waals surface area contributed by atoms with E-state index in [-0.39, 0.29) is 48.0 Å². The molecule has 4 atom stereocenters. The van der Waals surface area contributed by atoms with Crippen LogP contribution in [0.25, 0.3) is 0 Å². The Morgan fingerprint density at radius 3 is 2.60 bits per heavy atom. The molecule has 1 aliphatic heterocycles. The molecule has 0 aliphatic carbocycles. The second kappa shape index (κ2) is 14.7. The summed E-state index contributed by atoms with van der Waals surface area (Å²) in [6, 6.07) is 10.0. The van der Waals surface area contributed by atoms with Gasteiger partial charge in [-0.25, -0.2) is 17.5 Å². The standard InChI is InChI=1S/C31H32ClF4N5O3S/c1-2-22-5-4-16-45(43,44)41-23(18-39-22)12-13-24-25(33)6-3-7-26(24)40-30(42)29(37)28(19-8-10-21(32)11-9-19)20-14-15-38-27(17-20)31(34,35)36/h1,3,6-11,14-15,17,22-23,28-29,39,41H,4-5,12-13,16,18,37H2,(H,40,42)/t22?,23?,28-,29-/m0/s1. The molecule has 1 amide bonds. The number of hydrogen-bond acceptors (Lipinski definition) is 6. The highest BCUT2D eigenvalue weighted by molar-refractivity contribution is 7.89. The number of anilines is 1. The molecule has 4 rings (SSSR count). The molecule has 0 saturated carbocycles. The van der Waals surface area contributed by atoms with E-state index in [0.29, 0.717) is 23.4 Å². The highest BCUT2D eigenvalue weighted by Gasteiger charge is 2.35. The molecule has 1 saturated heterocycles. The summed E-state index contributed by atoms with van der Waals surface area (Å²) in [7, 11) is -3.60. The van der Waals surface area contributed by atoms with Gasteiger partial charge in [-0.3, -0.25) is 9.78 Å². The van der Waals surface area contributed by atoms with E-state index in [1.165, 1.54) is 36.4 Å². The number of amides is 1. The Labute approximate surface area is 264 Å². The van der Waals surface area contributed by atoms with Crippen LogP contribution in [0.4, 0.5) is 23.2 Å². The smallest absolute Gasteiger partial charge is 0.324 e. The summed E-state index contributed by atoms with van der Waals surface area (Å²) in [4.78, 5) is 17.0. The highest BCUT2D eigenvalue weighted by Crippen LogP contribution is 2.34. The number of carbonyl (C=O) groups is 1. The van der Waals surface area contributed by atoms with E-state index in [1.807, 2.05) is 0 Å². The van der Waals surface area contributed by atoms with Crippen molar-refractivity contribution in [2.24, 2.45) is 5.73 Å². The molecule has 2 aromatic carbocycles. The molecule has 2 unspecified atom stereocenters. The number of nitrogens with two attached hydrogens (primary N) is 1. The first kappa shape index (κ1) is 34.3. The number of halogens is 5. The fourth-order valence-corrected chi connectivity index (χ4v) is 6.71. The van der Waals surface area contributed by atoms with Crippen LogP contribution in [0, 0.1) is 18.2 Å². The van der Waals surface area contributed by atoms with Gasteiger partial charge in [-0.1, -0.05) is 35.7 Å². The summed E-state index contributed by atoms with van der Waals surface area (Å²) in [6.45, 7) is 0.212. The molecule has 240 valence electrons. The van der Waals surface area contributed by atoms with Gasteiger partial charge in [0.25, 0.3) is 0 Å². The number of nitrogens with one attached hydrogen (secondary N) is 3. The topological polar surface area (TPSA) is 126 Å². The number of hydrogen-bond donors (Lipinski definition) is 4. The molecule has 14 heteroatoms. The Balaban J connectivity index is 1.59. The predicted molar refractivity (Wildman–Crippen MR) is 164 cm³/mol. The van der Waals surface area contributed by atoms with E-state index in [9.17, 15) is 26.4 Å². The summed E-state index contributed by atoms with van der Waals surface area (Å²) in [5, 5.41) is 6.15.